The van der Waals surface area contributed by atoms with Crippen LogP contribution in [0.15, 0.2) is 67.0 Å². The molecule has 5 nitrogen and oxygen atoms in total. The van der Waals surface area contributed by atoms with Crippen LogP contribution in [0.1, 0.15) is 15.9 Å². The van der Waals surface area contributed by atoms with Crippen LogP contribution in [0, 0.1) is 0 Å². The first kappa shape index (κ1) is 15.7. The predicted molar refractivity (Wildman–Crippen MR) is 92.3 cm³/mol. The number of rotatable bonds is 5. The lowest BCUT2D eigenvalue weighted by Gasteiger charge is -2.17. The molecule has 2 aromatic carbocycles. The summed E-state index contributed by atoms with van der Waals surface area (Å²) in [5, 5.41) is 4.83. The summed E-state index contributed by atoms with van der Waals surface area (Å²) >= 11 is 0. The van der Waals surface area contributed by atoms with Gasteiger partial charge < -0.3 is 11.1 Å². The van der Waals surface area contributed by atoms with Gasteiger partial charge in [-0.05, 0) is 28.5 Å². The molecule has 3 aromatic rings. The van der Waals surface area contributed by atoms with Gasteiger partial charge in [0.15, 0.2) is 0 Å². The number of hydrogen-bond donors (Lipinski definition) is 2. The molecule has 0 bridgehead atoms. The highest BCUT2D eigenvalue weighted by atomic mass is 16.2. The first-order chi connectivity index (χ1) is 11.6. The summed E-state index contributed by atoms with van der Waals surface area (Å²) in [5.74, 6) is -0.910. The number of primary amides is 1. The van der Waals surface area contributed by atoms with Crippen molar-refractivity contribution in [2.45, 2.75) is 12.5 Å². The Hall–Kier alpha value is -3.21. The van der Waals surface area contributed by atoms with E-state index in [2.05, 4.69) is 10.3 Å². The highest BCUT2D eigenvalue weighted by molar-refractivity contribution is 5.97. The van der Waals surface area contributed by atoms with E-state index in [1.807, 2.05) is 42.5 Å². The summed E-state index contributed by atoms with van der Waals surface area (Å²) in [6.07, 6.45) is 3.39. The van der Waals surface area contributed by atoms with E-state index >= 15 is 0 Å². The molecule has 3 N–H and O–H groups in total. The molecular formula is C19H17N3O2. The molecule has 5 heteroatoms. The molecule has 0 spiro atoms. The van der Waals surface area contributed by atoms with Crippen molar-refractivity contribution in [3.05, 3.63) is 78.1 Å². The van der Waals surface area contributed by atoms with Crippen LogP contribution in [0.4, 0.5) is 0 Å². The van der Waals surface area contributed by atoms with E-state index in [1.54, 1.807) is 12.1 Å². The lowest BCUT2D eigenvalue weighted by atomic mass is 9.98. The Morgan fingerprint density at radius 1 is 1.00 bits per heavy atom. The Kier molecular flexibility index (Phi) is 4.52. The second-order valence-corrected chi connectivity index (χ2v) is 5.51. The third-order valence-electron chi connectivity index (χ3n) is 3.90. The number of fused-ring (bicyclic) bond motifs is 1. The van der Waals surface area contributed by atoms with Crippen molar-refractivity contribution in [2.24, 2.45) is 5.73 Å². The Bertz CT molecular complexity index is 873. The number of carbonyl (C=O) groups is 2. The Balaban J connectivity index is 1.84. The van der Waals surface area contributed by atoms with Gasteiger partial charge in [0.1, 0.15) is 6.04 Å². The molecule has 0 saturated carbocycles. The largest absolute Gasteiger partial charge is 0.368 e. The van der Waals surface area contributed by atoms with E-state index < -0.39 is 11.9 Å². The minimum atomic E-state index is -0.781. The zero-order valence-corrected chi connectivity index (χ0v) is 13.0. The van der Waals surface area contributed by atoms with Crippen LogP contribution in [-0.4, -0.2) is 22.8 Å². The van der Waals surface area contributed by atoms with Crippen molar-refractivity contribution < 1.29 is 9.59 Å². The molecule has 2 amide bonds. The average molecular weight is 319 g/mol. The van der Waals surface area contributed by atoms with Crippen molar-refractivity contribution in [3.8, 4) is 0 Å². The Labute approximate surface area is 139 Å². The fourth-order valence-electron chi connectivity index (χ4n) is 2.66. The molecule has 24 heavy (non-hydrogen) atoms. The number of carbonyl (C=O) groups excluding carboxylic acids is 2. The van der Waals surface area contributed by atoms with Crippen LogP contribution < -0.4 is 11.1 Å². The van der Waals surface area contributed by atoms with E-state index in [0.717, 1.165) is 16.3 Å². The summed E-state index contributed by atoms with van der Waals surface area (Å²) < 4.78 is 0. The van der Waals surface area contributed by atoms with Gasteiger partial charge in [-0.2, -0.15) is 0 Å². The van der Waals surface area contributed by atoms with Gasteiger partial charge >= 0.3 is 0 Å². The van der Waals surface area contributed by atoms with Gasteiger partial charge in [-0.1, -0.05) is 42.5 Å². The summed E-state index contributed by atoms with van der Waals surface area (Å²) in [6.45, 7) is 0. The quantitative estimate of drug-likeness (QED) is 0.755. The maximum atomic E-state index is 12.3. The molecule has 0 saturated heterocycles. The number of aromatic nitrogens is 1. The molecular weight excluding hydrogens is 302 g/mol. The number of hydrogen-bond acceptors (Lipinski definition) is 3. The van der Waals surface area contributed by atoms with Gasteiger partial charge in [-0.15, -0.1) is 0 Å². The summed E-state index contributed by atoms with van der Waals surface area (Å²) in [7, 11) is 0. The monoisotopic (exact) mass is 319 g/mol. The number of nitrogens with one attached hydrogen (secondary N) is 1. The second-order valence-electron chi connectivity index (χ2n) is 5.51. The zero-order chi connectivity index (χ0) is 16.9. The second kappa shape index (κ2) is 6.91. The highest BCUT2D eigenvalue weighted by Gasteiger charge is 2.20. The minimum absolute atomic E-state index is 0.341. The number of nitrogens with zero attached hydrogens (tertiary/aromatic N) is 1. The van der Waals surface area contributed by atoms with Gasteiger partial charge in [-0.3, -0.25) is 14.6 Å². The molecule has 1 aromatic heterocycles. The lowest BCUT2D eigenvalue weighted by molar-refractivity contribution is -0.119. The van der Waals surface area contributed by atoms with E-state index in [0.29, 0.717) is 12.0 Å². The van der Waals surface area contributed by atoms with Crippen molar-refractivity contribution >= 4 is 22.6 Å². The summed E-state index contributed by atoms with van der Waals surface area (Å²) in [5.41, 5.74) is 6.89. The third kappa shape index (κ3) is 3.41. The molecule has 0 fully saturated rings. The smallest absolute Gasteiger partial charge is 0.252 e. The number of amides is 2. The highest BCUT2D eigenvalue weighted by Crippen LogP contribution is 2.19. The predicted octanol–water partition coefficient (Wildman–Crippen LogP) is 2.06. The van der Waals surface area contributed by atoms with E-state index in [-0.39, 0.29) is 5.91 Å². The normalized spacial score (nSPS) is 11.8. The minimum Gasteiger partial charge on any atom is -0.368 e. The third-order valence-corrected chi connectivity index (χ3v) is 3.90. The van der Waals surface area contributed by atoms with Gasteiger partial charge in [0.2, 0.25) is 5.91 Å². The van der Waals surface area contributed by atoms with Crippen molar-refractivity contribution in [3.63, 3.8) is 0 Å². The molecule has 1 atom stereocenters. The standard InChI is InChI=1S/C19H17N3O2/c20-18(23)17(22-19(24)14-8-10-21-11-9-14)12-15-6-3-5-13-4-1-2-7-16(13)15/h1-11,17H,12H2,(H2,20,23)(H,22,24)/t17-/m1/s1. The van der Waals surface area contributed by atoms with Crippen LogP contribution in [0.25, 0.3) is 10.8 Å². The molecule has 3 rings (SSSR count). The van der Waals surface area contributed by atoms with Gasteiger partial charge in [-0.25, -0.2) is 0 Å². The van der Waals surface area contributed by atoms with Crippen LogP contribution in [0.5, 0.6) is 0 Å². The van der Waals surface area contributed by atoms with Crippen LogP contribution >= 0.6 is 0 Å². The lowest BCUT2D eigenvalue weighted by Crippen LogP contribution is -2.45. The number of pyridine rings is 1. The van der Waals surface area contributed by atoms with Crippen LogP contribution in [0.2, 0.25) is 0 Å². The van der Waals surface area contributed by atoms with Crippen molar-refractivity contribution in [1.29, 1.82) is 0 Å². The Morgan fingerprint density at radius 3 is 2.46 bits per heavy atom. The van der Waals surface area contributed by atoms with Crippen molar-refractivity contribution in [1.82, 2.24) is 10.3 Å². The topological polar surface area (TPSA) is 85.1 Å². The number of benzene rings is 2. The van der Waals surface area contributed by atoms with Crippen molar-refractivity contribution in [2.75, 3.05) is 0 Å². The van der Waals surface area contributed by atoms with Gasteiger partial charge in [0.25, 0.3) is 5.91 Å². The first-order valence-electron chi connectivity index (χ1n) is 7.62. The fourth-order valence-corrected chi connectivity index (χ4v) is 2.66. The molecule has 0 unspecified atom stereocenters. The van der Waals surface area contributed by atoms with Gasteiger partial charge in [0, 0.05) is 24.4 Å². The average Bonchev–Trinajstić information content (AvgIpc) is 2.62. The molecule has 0 aliphatic rings. The maximum Gasteiger partial charge on any atom is 0.252 e. The fraction of sp³-hybridized carbons (Fsp3) is 0.105. The molecule has 120 valence electrons. The number of nitrogens with two attached hydrogens (primary N) is 1. The van der Waals surface area contributed by atoms with E-state index in [4.69, 9.17) is 5.73 Å². The SMILES string of the molecule is NC(=O)[C@@H](Cc1cccc2ccccc12)NC(=O)c1ccncc1. The van der Waals surface area contributed by atoms with E-state index in [9.17, 15) is 9.59 Å². The Morgan fingerprint density at radius 2 is 1.71 bits per heavy atom. The summed E-state index contributed by atoms with van der Waals surface area (Å²) in [4.78, 5) is 27.9. The molecule has 1 heterocycles. The summed E-state index contributed by atoms with van der Waals surface area (Å²) in [6, 6.07) is 16.2. The van der Waals surface area contributed by atoms with Gasteiger partial charge in [0.05, 0.1) is 0 Å². The first-order valence-corrected chi connectivity index (χ1v) is 7.62. The van der Waals surface area contributed by atoms with Crippen LogP contribution in [0.3, 0.4) is 0 Å². The maximum absolute atomic E-state index is 12.3. The molecule has 0 radical (unpaired) electrons. The molecule has 0 aliphatic heterocycles. The van der Waals surface area contributed by atoms with E-state index in [1.165, 1.54) is 12.4 Å². The van der Waals surface area contributed by atoms with Crippen LogP contribution in [-0.2, 0) is 11.2 Å². The molecule has 0 aliphatic carbocycles. The zero-order valence-electron chi connectivity index (χ0n) is 13.0.